The molecule has 96 valence electrons. The summed E-state index contributed by atoms with van der Waals surface area (Å²) in [4.78, 5) is 11.6. The van der Waals surface area contributed by atoms with Gasteiger partial charge in [-0.25, -0.2) is 0 Å². The van der Waals surface area contributed by atoms with Crippen LogP contribution in [0, 0.1) is 0 Å². The highest BCUT2D eigenvalue weighted by atomic mass is 16.5. The summed E-state index contributed by atoms with van der Waals surface area (Å²) in [5.41, 5.74) is 2.57. The average molecular weight is 244 g/mol. The van der Waals surface area contributed by atoms with Crippen molar-refractivity contribution in [2.24, 2.45) is 0 Å². The number of hydrogen-bond acceptors (Lipinski definition) is 2. The first-order valence-electron chi connectivity index (χ1n) is 6.04. The number of methoxy groups -OCH3 is 1. The molecule has 0 fully saturated rings. The van der Waals surface area contributed by atoms with Gasteiger partial charge >= 0.3 is 0 Å². The van der Waals surface area contributed by atoms with Gasteiger partial charge in [-0.15, -0.1) is 0 Å². The number of hydrogen-bond donors (Lipinski definition) is 0. The quantitative estimate of drug-likeness (QED) is 0.713. The molecule has 0 N–H and O–H groups in total. The molecule has 0 saturated heterocycles. The highest BCUT2D eigenvalue weighted by Gasteiger charge is 2.03. The predicted octanol–water partition coefficient (Wildman–Crippen LogP) is 3.72. The Kier molecular flexibility index (Phi) is 5.37. The topological polar surface area (TPSA) is 26.3 Å². The highest BCUT2D eigenvalue weighted by Crippen LogP contribution is 2.14. The van der Waals surface area contributed by atoms with E-state index in [0.29, 0.717) is 5.57 Å². The van der Waals surface area contributed by atoms with E-state index < -0.39 is 0 Å². The molecule has 1 rings (SSSR count). The van der Waals surface area contributed by atoms with Crippen LogP contribution in [0.1, 0.15) is 25.8 Å². The summed E-state index contributed by atoms with van der Waals surface area (Å²) in [6, 6.07) is 7.98. The summed E-state index contributed by atoms with van der Waals surface area (Å²) in [6.07, 6.45) is 3.71. The lowest BCUT2D eigenvalue weighted by Crippen LogP contribution is -1.99. The summed E-state index contributed by atoms with van der Waals surface area (Å²) in [7, 11) is 1.66. The van der Waals surface area contributed by atoms with E-state index >= 15 is 0 Å². The molecular weight excluding hydrogens is 224 g/mol. The smallest absolute Gasteiger partial charge is 0.183 e. The number of ketones is 1. The molecule has 2 nitrogen and oxygen atoms in total. The molecule has 0 saturated carbocycles. The zero-order chi connectivity index (χ0) is 13.5. The molecule has 0 aliphatic heterocycles. The van der Waals surface area contributed by atoms with Crippen LogP contribution in [0.3, 0.4) is 0 Å². The van der Waals surface area contributed by atoms with Gasteiger partial charge in [0, 0.05) is 0 Å². The Bertz CT molecular complexity index is 470. The molecule has 0 unspecified atom stereocenters. The third-order valence-corrected chi connectivity index (χ3v) is 2.76. The molecular formula is C16H20O2. The van der Waals surface area contributed by atoms with Gasteiger partial charge in [-0.05, 0) is 55.5 Å². The lowest BCUT2D eigenvalue weighted by atomic mass is 10.0. The van der Waals surface area contributed by atoms with E-state index in [2.05, 4.69) is 12.6 Å². The van der Waals surface area contributed by atoms with E-state index in [1.54, 1.807) is 14.0 Å². The predicted molar refractivity (Wildman–Crippen MR) is 74.9 cm³/mol. The standard InChI is InChI=1S/C16H20O2/c1-12(2)16(17)13(3)7-5-8-14-9-6-10-15(11-14)18-4/h6-7,9-11H,1,5,8H2,2-4H3/b13-7+. The molecule has 0 aliphatic rings. The van der Waals surface area contributed by atoms with Crippen LogP contribution in [0.15, 0.2) is 48.1 Å². The second kappa shape index (κ2) is 6.80. The van der Waals surface area contributed by atoms with Crippen LogP contribution in [0.2, 0.25) is 0 Å². The van der Waals surface area contributed by atoms with Gasteiger partial charge < -0.3 is 4.74 Å². The molecule has 2 heteroatoms. The molecule has 0 aliphatic carbocycles. The zero-order valence-corrected chi connectivity index (χ0v) is 11.3. The van der Waals surface area contributed by atoms with Gasteiger partial charge in [-0.1, -0.05) is 24.8 Å². The Morgan fingerprint density at radius 1 is 1.39 bits per heavy atom. The maximum Gasteiger partial charge on any atom is 0.183 e. The summed E-state index contributed by atoms with van der Waals surface area (Å²) in [5.74, 6) is 0.909. The Labute approximate surface area is 109 Å². The molecule has 0 amide bonds. The minimum Gasteiger partial charge on any atom is -0.497 e. The van der Waals surface area contributed by atoms with E-state index in [0.717, 1.165) is 24.2 Å². The molecule has 0 spiro atoms. The monoisotopic (exact) mass is 244 g/mol. The number of Topliss-reactive ketones (excluding diaryl/α,β-unsaturated/α-hetero) is 1. The number of ether oxygens (including phenoxy) is 1. The van der Waals surface area contributed by atoms with Crippen LogP contribution >= 0.6 is 0 Å². The normalized spacial score (nSPS) is 11.2. The number of rotatable bonds is 6. The molecule has 0 aromatic heterocycles. The maximum absolute atomic E-state index is 11.6. The number of carbonyl (C=O) groups excluding carboxylic acids is 1. The van der Waals surface area contributed by atoms with Crippen molar-refractivity contribution in [1.82, 2.24) is 0 Å². The van der Waals surface area contributed by atoms with E-state index in [1.807, 2.05) is 31.2 Å². The van der Waals surface area contributed by atoms with Crippen molar-refractivity contribution in [3.63, 3.8) is 0 Å². The molecule has 0 atom stereocenters. The van der Waals surface area contributed by atoms with E-state index in [-0.39, 0.29) is 5.78 Å². The fraction of sp³-hybridized carbons (Fsp3) is 0.312. The molecule has 18 heavy (non-hydrogen) atoms. The number of allylic oxidation sites excluding steroid dienone is 3. The molecule has 0 heterocycles. The summed E-state index contributed by atoms with van der Waals surface area (Å²) in [5, 5.41) is 0. The van der Waals surface area contributed by atoms with E-state index in [9.17, 15) is 4.79 Å². The molecule has 0 radical (unpaired) electrons. The van der Waals surface area contributed by atoms with Crippen molar-refractivity contribution in [3.05, 3.63) is 53.6 Å². The fourth-order valence-corrected chi connectivity index (χ4v) is 1.71. The lowest BCUT2D eigenvalue weighted by Gasteiger charge is -2.03. The Balaban J connectivity index is 2.57. The van der Waals surface area contributed by atoms with Gasteiger partial charge in [0.2, 0.25) is 0 Å². The second-order valence-electron chi connectivity index (χ2n) is 4.39. The molecule has 1 aromatic carbocycles. The van der Waals surface area contributed by atoms with Crippen molar-refractivity contribution in [2.45, 2.75) is 26.7 Å². The largest absolute Gasteiger partial charge is 0.497 e. The third kappa shape index (κ3) is 4.21. The minimum absolute atomic E-state index is 0.0423. The fourth-order valence-electron chi connectivity index (χ4n) is 1.71. The van der Waals surface area contributed by atoms with Gasteiger partial charge in [-0.2, -0.15) is 0 Å². The molecule has 0 bridgehead atoms. The first kappa shape index (κ1) is 14.2. The lowest BCUT2D eigenvalue weighted by molar-refractivity contribution is -0.112. The van der Waals surface area contributed by atoms with Gasteiger partial charge in [0.1, 0.15) is 5.75 Å². The Morgan fingerprint density at radius 3 is 2.72 bits per heavy atom. The van der Waals surface area contributed by atoms with Gasteiger partial charge in [0.25, 0.3) is 0 Å². The second-order valence-corrected chi connectivity index (χ2v) is 4.39. The van der Waals surface area contributed by atoms with Crippen molar-refractivity contribution < 1.29 is 9.53 Å². The van der Waals surface area contributed by atoms with Gasteiger partial charge in [0.15, 0.2) is 5.78 Å². The van der Waals surface area contributed by atoms with Crippen molar-refractivity contribution in [2.75, 3.05) is 7.11 Å². The Morgan fingerprint density at radius 2 is 2.11 bits per heavy atom. The van der Waals surface area contributed by atoms with E-state index in [1.165, 1.54) is 5.56 Å². The Hall–Kier alpha value is -1.83. The van der Waals surface area contributed by atoms with Crippen LogP contribution < -0.4 is 4.74 Å². The van der Waals surface area contributed by atoms with E-state index in [4.69, 9.17) is 4.74 Å². The van der Waals surface area contributed by atoms with Gasteiger partial charge in [-0.3, -0.25) is 4.79 Å². The number of benzene rings is 1. The summed E-state index contributed by atoms with van der Waals surface area (Å²) >= 11 is 0. The summed E-state index contributed by atoms with van der Waals surface area (Å²) < 4.78 is 5.17. The minimum atomic E-state index is 0.0423. The maximum atomic E-state index is 11.6. The third-order valence-electron chi connectivity index (χ3n) is 2.76. The molecule has 1 aromatic rings. The number of aryl methyl sites for hydroxylation is 1. The zero-order valence-electron chi connectivity index (χ0n) is 11.3. The van der Waals surface area contributed by atoms with Crippen LogP contribution in [-0.2, 0) is 11.2 Å². The first-order chi connectivity index (χ1) is 8.54. The average Bonchev–Trinajstić information content (AvgIpc) is 2.37. The van der Waals surface area contributed by atoms with Crippen LogP contribution in [0.25, 0.3) is 0 Å². The van der Waals surface area contributed by atoms with Crippen LogP contribution in [0.5, 0.6) is 5.75 Å². The van der Waals surface area contributed by atoms with Crippen molar-refractivity contribution in [3.8, 4) is 5.75 Å². The van der Waals surface area contributed by atoms with Crippen molar-refractivity contribution >= 4 is 5.78 Å². The summed E-state index contributed by atoms with van der Waals surface area (Å²) in [6.45, 7) is 7.23. The number of carbonyl (C=O) groups is 1. The van der Waals surface area contributed by atoms with Crippen LogP contribution in [-0.4, -0.2) is 12.9 Å². The first-order valence-corrected chi connectivity index (χ1v) is 6.04. The van der Waals surface area contributed by atoms with Gasteiger partial charge in [0.05, 0.1) is 7.11 Å². The SMILES string of the molecule is C=C(C)C(=O)/C(C)=C/CCc1cccc(OC)c1. The van der Waals surface area contributed by atoms with Crippen molar-refractivity contribution in [1.29, 1.82) is 0 Å². The highest BCUT2D eigenvalue weighted by molar-refractivity contribution is 6.06. The van der Waals surface area contributed by atoms with Crippen LogP contribution in [0.4, 0.5) is 0 Å².